The molecule has 142 valence electrons. The van der Waals surface area contributed by atoms with E-state index in [-0.39, 0.29) is 11.6 Å². The van der Waals surface area contributed by atoms with Crippen LogP contribution in [0.15, 0.2) is 48.5 Å². The van der Waals surface area contributed by atoms with Crippen molar-refractivity contribution in [2.45, 2.75) is 12.6 Å². The Bertz CT molecular complexity index is 915. The fourth-order valence-corrected chi connectivity index (χ4v) is 2.59. The maximum Gasteiger partial charge on any atom is 0.416 e. The van der Waals surface area contributed by atoms with Gasteiger partial charge < -0.3 is 15.4 Å². The molecule has 0 bridgehead atoms. The molecule has 0 fully saturated rings. The molecule has 0 saturated heterocycles. The second-order valence-corrected chi connectivity index (χ2v) is 5.89. The van der Waals surface area contributed by atoms with Crippen LogP contribution in [0.5, 0.6) is 0 Å². The maximum atomic E-state index is 12.9. The Hall–Kier alpha value is -2.87. The number of hydrogen-bond acceptors (Lipinski definition) is 5. The number of nitrogens with one attached hydrogen (secondary N) is 2. The predicted octanol–water partition coefficient (Wildman–Crippen LogP) is 4.84. The summed E-state index contributed by atoms with van der Waals surface area (Å²) in [6, 6.07) is 12.4. The highest BCUT2D eigenvalue weighted by molar-refractivity contribution is 5.90. The summed E-state index contributed by atoms with van der Waals surface area (Å²) >= 11 is 0. The van der Waals surface area contributed by atoms with E-state index in [1.54, 1.807) is 13.2 Å². The monoisotopic (exact) mass is 376 g/mol. The van der Waals surface area contributed by atoms with E-state index in [0.717, 1.165) is 23.9 Å². The molecule has 0 aliphatic heterocycles. The molecule has 0 aliphatic rings. The Kier molecular flexibility index (Phi) is 5.75. The molecule has 5 nitrogen and oxygen atoms in total. The van der Waals surface area contributed by atoms with Gasteiger partial charge in [0.1, 0.15) is 5.82 Å². The maximum absolute atomic E-state index is 12.9. The van der Waals surface area contributed by atoms with Gasteiger partial charge in [-0.15, -0.1) is 0 Å². The van der Waals surface area contributed by atoms with Crippen molar-refractivity contribution in [3.63, 3.8) is 0 Å². The van der Waals surface area contributed by atoms with Gasteiger partial charge in [-0.3, -0.25) is 0 Å². The van der Waals surface area contributed by atoms with Gasteiger partial charge >= 0.3 is 6.18 Å². The van der Waals surface area contributed by atoms with Gasteiger partial charge in [-0.1, -0.05) is 18.2 Å². The number of hydrogen-bond donors (Lipinski definition) is 2. The third kappa shape index (κ3) is 4.85. The van der Waals surface area contributed by atoms with Crippen LogP contribution >= 0.6 is 0 Å². The second kappa shape index (κ2) is 8.22. The molecule has 1 aromatic heterocycles. The van der Waals surface area contributed by atoms with Crippen molar-refractivity contribution < 1.29 is 17.9 Å². The molecule has 8 heteroatoms. The minimum absolute atomic E-state index is 0.224. The number of rotatable bonds is 7. The topological polar surface area (TPSA) is 59.1 Å². The zero-order valence-corrected chi connectivity index (χ0v) is 14.7. The Morgan fingerprint density at radius 3 is 2.63 bits per heavy atom. The normalized spacial score (nSPS) is 11.6. The van der Waals surface area contributed by atoms with Gasteiger partial charge in [0, 0.05) is 31.3 Å². The molecule has 0 aliphatic carbocycles. The van der Waals surface area contributed by atoms with Crippen LogP contribution in [-0.4, -0.2) is 30.2 Å². The summed E-state index contributed by atoms with van der Waals surface area (Å²) in [6.07, 6.45) is -3.61. The first-order valence-corrected chi connectivity index (χ1v) is 8.41. The summed E-state index contributed by atoms with van der Waals surface area (Å²) < 4.78 is 43.7. The predicted molar refractivity (Wildman–Crippen MR) is 99.2 cm³/mol. The smallest absolute Gasteiger partial charge is 0.385 e. The highest BCUT2D eigenvalue weighted by atomic mass is 19.4. The van der Waals surface area contributed by atoms with E-state index < -0.39 is 11.7 Å². The van der Waals surface area contributed by atoms with Crippen molar-refractivity contribution in [1.29, 1.82) is 0 Å². The molecule has 2 N–H and O–H groups in total. The van der Waals surface area contributed by atoms with E-state index in [1.165, 1.54) is 6.07 Å². The molecule has 27 heavy (non-hydrogen) atoms. The second-order valence-electron chi connectivity index (χ2n) is 5.89. The lowest BCUT2D eigenvalue weighted by molar-refractivity contribution is -0.137. The summed E-state index contributed by atoms with van der Waals surface area (Å²) in [7, 11) is 1.64. The number of anilines is 3. The Morgan fingerprint density at radius 2 is 1.85 bits per heavy atom. The summed E-state index contributed by atoms with van der Waals surface area (Å²) in [5.41, 5.74) is 0.229. The van der Waals surface area contributed by atoms with Crippen LogP contribution in [0.25, 0.3) is 10.9 Å². The standard InChI is InChI=1S/C19H19F3N4O/c1-27-11-5-10-23-17-15-8-2-3-9-16(15)25-18(26-17)24-14-7-4-6-13(12-14)19(20,21)22/h2-4,6-9,12H,5,10-11H2,1H3,(H2,23,24,25,26). The molecule has 1 heterocycles. The van der Waals surface area contributed by atoms with E-state index in [9.17, 15) is 13.2 Å². The Morgan fingerprint density at radius 1 is 1.04 bits per heavy atom. The van der Waals surface area contributed by atoms with Crippen LogP contribution in [0.3, 0.4) is 0 Å². The van der Waals surface area contributed by atoms with Gasteiger partial charge in [0.2, 0.25) is 5.95 Å². The first-order valence-electron chi connectivity index (χ1n) is 8.41. The SMILES string of the molecule is COCCCNc1nc(Nc2cccc(C(F)(F)F)c2)nc2ccccc12. The van der Waals surface area contributed by atoms with E-state index in [4.69, 9.17) is 4.74 Å². The van der Waals surface area contributed by atoms with E-state index in [2.05, 4.69) is 20.6 Å². The summed E-state index contributed by atoms with van der Waals surface area (Å²) in [4.78, 5) is 8.83. The van der Waals surface area contributed by atoms with Gasteiger partial charge in [0.05, 0.1) is 11.1 Å². The Balaban J connectivity index is 1.88. The molecule has 0 atom stereocenters. The van der Waals surface area contributed by atoms with Crippen LogP contribution in [0.2, 0.25) is 0 Å². The van der Waals surface area contributed by atoms with Crippen LogP contribution in [0.4, 0.5) is 30.6 Å². The van der Waals surface area contributed by atoms with Gasteiger partial charge in [0.25, 0.3) is 0 Å². The molecule has 0 saturated carbocycles. The molecule has 2 aromatic carbocycles. The van der Waals surface area contributed by atoms with Crippen molar-refractivity contribution >= 4 is 28.4 Å². The average Bonchev–Trinajstić information content (AvgIpc) is 2.65. The molecular formula is C19H19F3N4O. The highest BCUT2D eigenvalue weighted by Gasteiger charge is 2.30. The minimum atomic E-state index is -4.41. The lowest BCUT2D eigenvalue weighted by Crippen LogP contribution is -2.09. The average molecular weight is 376 g/mol. The number of benzene rings is 2. The largest absolute Gasteiger partial charge is 0.416 e. The van der Waals surface area contributed by atoms with Gasteiger partial charge in [-0.2, -0.15) is 18.2 Å². The summed E-state index contributed by atoms with van der Waals surface area (Å²) in [5, 5.41) is 6.93. The van der Waals surface area contributed by atoms with Gasteiger partial charge in [-0.05, 0) is 36.8 Å². The molecule has 0 amide bonds. The van der Waals surface area contributed by atoms with Crippen molar-refractivity contribution in [3.8, 4) is 0 Å². The van der Waals surface area contributed by atoms with Crippen LogP contribution < -0.4 is 10.6 Å². The number of fused-ring (bicyclic) bond motifs is 1. The first-order chi connectivity index (χ1) is 13.0. The van der Waals surface area contributed by atoms with Crippen molar-refractivity contribution in [1.82, 2.24) is 9.97 Å². The zero-order valence-electron chi connectivity index (χ0n) is 14.7. The van der Waals surface area contributed by atoms with Crippen LogP contribution in [0.1, 0.15) is 12.0 Å². The molecular weight excluding hydrogens is 357 g/mol. The van der Waals surface area contributed by atoms with Crippen molar-refractivity contribution in [2.75, 3.05) is 30.9 Å². The van der Waals surface area contributed by atoms with E-state index in [0.29, 0.717) is 24.5 Å². The minimum Gasteiger partial charge on any atom is -0.385 e. The lowest BCUT2D eigenvalue weighted by atomic mass is 10.2. The number of aromatic nitrogens is 2. The van der Waals surface area contributed by atoms with Gasteiger partial charge in [0.15, 0.2) is 0 Å². The summed E-state index contributed by atoms with van der Waals surface area (Å²) in [5.74, 6) is 0.841. The number of alkyl halides is 3. The van der Waals surface area contributed by atoms with E-state index in [1.807, 2.05) is 24.3 Å². The number of nitrogens with zero attached hydrogens (tertiary/aromatic N) is 2. The third-order valence-corrected chi connectivity index (χ3v) is 3.87. The van der Waals surface area contributed by atoms with Crippen LogP contribution in [0, 0.1) is 0 Å². The molecule has 3 aromatic rings. The molecule has 0 spiro atoms. The van der Waals surface area contributed by atoms with Crippen LogP contribution in [-0.2, 0) is 10.9 Å². The number of para-hydroxylation sites is 1. The fraction of sp³-hybridized carbons (Fsp3) is 0.263. The lowest BCUT2D eigenvalue weighted by Gasteiger charge is -2.13. The van der Waals surface area contributed by atoms with Crippen molar-refractivity contribution in [3.05, 3.63) is 54.1 Å². The quantitative estimate of drug-likeness (QED) is 0.578. The highest BCUT2D eigenvalue weighted by Crippen LogP contribution is 2.31. The fourth-order valence-electron chi connectivity index (χ4n) is 2.59. The number of ether oxygens (including phenoxy) is 1. The first kappa shape index (κ1) is 18.9. The molecule has 0 radical (unpaired) electrons. The van der Waals surface area contributed by atoms with E-state index >= 15 is 0 Å². The number of methoxy groups -OCH3 is 1. The zero-order chi connectivity index (χ0) is 19.3. The number of halogens is 3. The molecule has 3 rings (SSSR count). The van der Waals surface area contributed by atoms with Crippen molar-refractivity contribution in [2.24, 2.45) is 0 Å². The summed E-state index contributed by atoms with van der Waals surface area (Å²) in [6.45, 7) is 1.27. The van der Waals surface area contributed by atoms with Gasteiger partial charge in [-0.25, -0.2) is 4.98 Å². The molecule has 0 unspecified atom stereocenters. The third-order valence-electron chi connectivity index (χ3n) is 3.87. The Labute approximate surface area is 154 Å².